The molecule has 2 N–H and O–H groups in total. The van der Waals surface area contributed by atoms with Gasteiger partial charge in [-0.2, -0.15) is 5.10 Å². The van der Waals surface area contributed by atoms with Gasteiger partial charge in [0.15, 0.2) is 0 Å². The van der Waals surface area contributed by atoms with E-state index in [0.717, 1.165) is 49.4 Å². The van der Waals surface area contributed by atoms with Crippen molar-refractivity contribution in [2.75, 3.05) is 10.6 Å². The van der Waals surface area contributed by atoms with Crippen molar-refractivity contribution in [1.82, 2.24) is 9.78 Å². The van der Waals surface area contributed by atoms with E-state index >= 15 is 0 Å². The summed E-state index contributed by atoms with van der Waals surface area (Å²) in [5.74, 6) is 0.108. The Morgan fingerprint density at radius 2 is 1.96 bits per heavy atom. The van der Waals surface area contributed by atoms with Gasteiger partial charge >= 0.3 is 0 Å². The number of nitrogens with one attached hydrogen (secondary N) is 2. The fourth-order valence-electron chi connectivity index (χ4n) is 3.47. The van der Waals surface area contributed by atoms with Gasteiger partial charge in [0.05, 0.1) is 12.2 Å². The van der Waals surface area contributed by atoms with Crippen LogP contribution in [0.1, 0.15) is 29.7 Å². The van der Waals surface area contributed by atoms with Crippen LogP contribution in [0.4, 0.5) is 11.4 Å². The Morgan fingerprint density at radius 1 is 1.07 bits per heavy atom. The van der Waals surface area contributed by atoms with Crippen LogP contribution in [0.25, 0.3) is 0 Å². The van der Waals surface area contributed by atoms with Crippen molar-refractivity contribution in [2.24, 2.45) is 0 Å². The molecular formula is C22H24N4O. The van der Waals surface area contributed by atoms with Gasteiger partial charge in [0, 0.05) is 30.5 Å². The minimum absolute atomic E-state index is 0.108. The molecule has 0 saturated heterocycles. The highest BCUT2D eigenvalue weighted by molar-refractivity contribution is 5.92. The quantitative estimate of drug-likeness (QED) is 0.698. The van der Waals surface area contributed by atoms with Gasteiger partial charge in [0.2, 0.25) is 5.91 Å². The van der Waals surface area contributed by atoms with Crippen LogP contribution in [-0.4, -0.2) is 15.7 Å². The third-order valence-electron chi connectivity index (χ3n) is 4.96. The summed E-state index contributed by atoms with van der Waals surface area (Å²) in [7, 11) is 0. The van der Waals surface area contributed by atoms with E-state index in [-0.39, 0.29) is 5.91 Å². The monoisotopic (exact) mass is 360 g/mol. The van der Waals surface area contributed by atoms with E-state index in [1.54, 1.807) is 0 Å². The van der Waals surface area contributed by atoms with Gasteiger partial charge in [0.25, 0.3) is 0 Å². The molecule has 138 valence electrons. The number of amides is 1. The molecule has 0 saturated carbocycles. The van der Waals surface area contributed by atoms with Crippen LogP contribution >= 0.6 is 0 Å². The molecule has 0 atom stereocenters. The molecule has 0 spiro atoms. The first-order valence-corrected chi connectivity index (χ1v) is 9.49. The standard InChI is InChI=1S/C22H24N4O/c27-22-8-4-7-18-15-19(9-10-21(18)25-22)23-16-20-11-13-24-26(20)14-12-17-5-2-1-3-6-17/h1-3,5-6,9-11,13,15,23H,4,7-8,12,14,16H2,(H,25,27). The molecule has 1 amide bonds. The second kappa shape index (κ2) is 8.08. The second-order valence-corrected chi connectivity index (χ2v) is 6.91. The average Bonchev–Trinajstić information content (AvgIpc) is 3.06. The maximum absolute atomic E-state index is 11.7. The van der Waals surface area contributed by atoms with Gasteiger partial charge in [-0.05, 0) is 54.7 Å². The lowest BCUT2D eigenvalue weighted by molar-refractivity contribution is -0.116. The number of fused-ring (bicyclic) bond motifs is 1. The number of nitrogens with zero attached hydrogens (tertiary/aromatic N) is 2. The largest absolute Gasteiger partial charge is 0.379 e. The minimum Gasteiger partial charge on any atom is -0.379 e. The normalized spacial score (nSPS) is 13.6. The van der Waals surface area contributed by atoms with Crippen LogP contribution in [0, 0.1) is 0 Å². The maximum Gasteiger partial charge on any atom is 0.224 e. The highest BCUT2D eigenvalue weighted by Crippen LogP contribution is 2.25. The molecule has 4 rings (SSSR count). The van der Waals surface area contributed by atoms with Crippen molar-refractivity contribution in [3.8, 4) is 0 Å². The Bertz CT molecular complexity index is 917. The molecule has 1 aliphatic heterocycles. The van der Waals surface area contributed by atoms with Crippen LogP contribution in [-0.2, 0) is 30.7 Å². The summed E-state index contributed by atoms with van der Waals surface area (Å²) in [6.07, 6.45) is 5.24. The van der Waals surface area contributed by atoms with E-state index in [0.29, 0.717) is 6.42 Å². The molecule has 1 aromatic heterocycles. The van der Waals surface area contributed by atoms with Crippen molar-refractivity contribution < 1.29 is 4.79 Å². The minimum atomic E-state index is 0.108. The van der Waals surface area contributed by atoms with Crippen LogP contribution in [0.3, 0.4) is 0 Å². The summed E-state index contributed by atoms with van der Waals surface area (Å²) in [4.78, 5) is 11.7. The van der Waals surface area contributed by atoms with Crippen LogP contribution in [0.2, 0.25) is 0 Å². The third-order valence-corrected chi connectivity index (χ3v) is 4.96. The van der Waals surface area contributed by atoms with E-state index in [9.17, 15) is 4.79 Å². The lowest BCUT2D eigenvalue weighted by Crippen LogP contribution is -2.11. The van der Waals surface area contributed by atoms with Gasteiger partial charge in [-0.1, -0.05) is 30.3 Å². The van der Waals surface area contributed by atoms with Crippen molar-refractivity contribution in [1.29, 1.82) is 0 Å². The Hall–Kier alpha value is -3.08. The number of rotatable bonds is 6. The van der Waals surface area contributed by atoms with Gasteiger partial charge in [-0.3, -0.25) is 9.48 Å². The summed E-state index contributed by atoms with van der Waals surface area (Å²) in [5.41, 5.74) is 5.69. The highest BCUT2D eigenvalue weighted by atomic mass is 16.1. The number of hydrogen-bond acceptors (Lipinski definition) is 3. The van der Waals surface area contributed by atoms with Gasteiger partial charge in [-0.25, -0.2) is 0 Å². The lowest BCUT2D eigenvalue weighted by Gasteiger charge is -2.12. The number of carbonyl (C=O) groups excluding carboxylic acids is 1. The first kappa shape index (κ1) is 17.3. The van der Waals surface area contributed by atoms with E-state index < -0.39 is 0 Å². The lowest BCUT2D eigenvalue weighted by atomic mass is 10.1. The number of aromatic nitrogens is 2. The first-order chi connectivity index (χ1) is 13.3. The van der Waals surface area contributed by atoms with Crippen molar-refractivity contribution >= 4 is 17.3 Å². The Kier molecular flexibility index (Phi) is 5.19. The molecular weight excluding hydrogens is 336 g/mol. The average molecular weight is 360 g/mol. The van der Waals surface area contributed by atoms with E-state index in [4.69, 9.17) is 0 Å². The number of carbonyl (C=O) groups is 1. The van der Waals surface area contributed by atoms with Gasteiger partial charge < -0.3 is 10.6 Å². The molecule has 27 heavy (non-hydrogen) atoms. The Balaban J connectivity index is 1.39. The maximum atomic E-state index is 11.7. The summed E-state index contributed by atoms with van der Waals surface area (Å²) >= 11 is 0. The first-order valence-electron chi connectivity index (χ1n) is 9.49. The third kappa shape index (κ3) is 4.37. The molecule has 5 nitrogen and oxygen atoms in total. The van der Waals surface area contributed by atoms with E-state index in [1.165, 1.54) is 11.1 Å². The molecule has 5 heteroatoms. The second-order valence-electron chi connectivity index (χ2n) is 6.91. The van der Waals surface area contributed by atoms with Crippen LogP contribution < -0.4 is 10.6 Å². The summed E-state index contributed by atoms with van der Waals surface area (Å²) in [5, 5.41) is 10.9. The topological polar surface area (TPSA) is 59.0 Å². The predicted octanol–water partition coefficient (Wildman–Crippen LogP) is 4.01. The molecule has 1 aliphatic rings. The number of anilines is 2. The van der Waals surface area contributed by atoms with Gasteiger partial charge in [-0.15, -0.1) is 0 Å². The van der Waals surface area contributed by atoms with E-state index in [1.807, 2.05) is 24.4 Å². The Labute approximate surface area is 159 Å². The summed E-state index contributed by atoms with van der Waals surface area (Å²) < 4.78 is 2.06. The molecule has 0 fully saturated rings. The van der Waals surface area contributed by atoms with Crippen molar-refractivity contribution in [2.45, 2.75) is 38.8 Å². The summed E-state index contributed by atoms with van der Waals surface area (Å²) in [6.45, 7) is 1.59. The smallest absolute Gasteiger partial charge is 0.224 e. The molecule has 3 aromatic rings. The summed E-state index contributed by atoms with van der Waals surface area (Å²) in [6, 6.07) is 18.7. The van der Waals surface area contributed by atoms with Gasteiger partial charge in [0.1, 0.15) is 0 Å². The molecule has 0 bridgehead atoms. The van der Waals surface area contributed by atoms with Crippen molar-refractivity contribution in [3.05, 3.63) is 77.6 Å². The predicted molar refractivity (Wildman–Crippen MR) is 108 cm³/mol. The molecule has 0 aliphatic carbocycles. The number of aryl methyl sites for hydroxylation is 3. The zero-order valence-electron chi connectivity index (χ0n) is 15.3. The highest BCUT2D eigenvalue weighted by Gasteiger charge is 2.13. The SMILES string of the molecule is O=C1CCCc2cc(NCc3ccnn3CCc3ccccc3)ccc2N1. The van der Waals surface area contributed by atoms with Crippen molar-refractivity contribution in [3.63, 3.8) is 0 Å². The molecule has 0 unspecified atom stereocenters. The number of benzene rings is 2. The number of hydrogen-bond donors (Lipinski definition) is 2. The fraction of sp³-hybridized carbons (Fsp3) is 0.273. The van der Waals surface area contributed by atoms with Crippen LogP contribution in [0.15, 0.2) is 60.8 Å². The molecule has 2 heterocycles. The van der Waals surface area contributed by atoms with E-state index in [2.05, 4.69) is 56.8 Å². The van der Waals surface area contributed by atoms with Crippen LogP contribution in [0.5, 0.6) is 0 Å². The zero-order valence-corrected chi connectivity index (χ0v) is 15.3. The fourth-order valence-corrected chi connectivity index (χ4v) is 3.47. The zero-order chi connectivity index (χ0) is 18.5. The molecule has 0 radical (unpaired) electrons. The molecule has 2 aromatic carbocycles. The Morgan fingerprint density at radius 3 is 2.85 bits per heavy atom.